The van der Waals surface area contributed by atoms with Gasteiger partial charge < -0.3 is 5.32 Å². The Labute approximate surface area is 183 Å². The monoisotopic (exact) mass is 446 g/mol. The van der Waals surface area contributed by atoms with E-state index in [2.05, 4.69) is 23.5 Å². The molecule has 1 aliphatic heterocycles. The number of fused-ring (bicyclic) bond motifs is 1. The van der Waals surface area contributed by atoms with E-state index in [1.54, 1.807) is 12.1 Å². The van der Waals surface area contributed by atoms with Crippen molar-refractivity contribution in [1.82, 2.24) is 9.62 Å². The predicted octanol–water partition coefficient (Wildman–Crippen LogP) is 4.11. The summed E-state index contributed by atoms with van der Waals surface area (Å²) in [5.74, 6) is -0.162. The number of rotatable bonds is 5. The van der Waals surface area contributed by atoms with Gasteiger partial charge in [-0.15, -0.1) is 0 Å². The second-order valence-corrected chi connectivity index (χ2v) is 10.6. The Morgan fingerprint density at radius 3 is 2.43 bits per heavy atom. The van der Waals surface area contributed by atoms with Crippen LogP contribution >= 0.6 is 11.6 Å². The first kappa shape index (κ1) is 21.3. The first-order valence-electron chi connectivity index (χ1n) is 10.5. The summed E-state index contributed by atoms with van der Waals surface area (Å²) >= 11 is 5.86. The van der Waals surface area contributed by atoms with Gasteiger partial charge in [0.25, 0.3) is 0 Å². The van der Waals surface area contributed by atoms with E-state index in [0.29, 0.717) is 31.0 Å². The summed E-state index contributed by atoms with van der Waals surface area (Å²) in [7, 11) is -3.56. The highest BCUT2D eigenvalue weighted by Crippen LogP contribution is 2.27. The van der Waals surface area contributed by atoms with Crippen LogP contribution in [0.1, 0.15) is 48.9 Å². The highest BCUT2D eigenvalue weighted by Gasteiger charge is 2.32. The first-order valence-corrected chi connectivity index (χ1v) is 12.3. The van der Waals surface area contributed by atoms with Crippen molar-refractivity contribution < 1.29 is 13.2 Å². The lowest BCUT2D eigenvalue weighted by atomic mass is 9.96. The molecule has 1 heterocycles. The highest BCUT2D eigenvalue weighted by molar-refractivity contribution is 7.89. The number of nitrogens with zero attached hydrogens (tertiary/aromatic N) is 1. The third-order valence-corrected chi connectivity index (χ3v) is 8.42. The Balaban J connectivity index is 1.34. The Bertz CT molecular complexity index is 1030. The minimum atomic E-state index is -3.56. The second-order valence-electron chi connectivity index (χ2n) is 8.24. The zero-order chi connectivity index (χ0) is 21.3. The molecular weight excluding hydrogens is 420 g/mol. The molecule has 1 saturated heterocycles. The van der Waals surface area contributed by atoms with Crippen molar-refractivity contribution in [2.45, 2.75) is 50.0 Å². The number of amides is 1. The van der Waals surface area contributed by atoms with Crippen LogP contribution in [-0.2, 0) is 27.7 Å². The zero-order valence-corrected chi connectivity index (χ0v) is 18.7. The number of carbonyl (C=O) groups is 1. The Morgan fingerprint density at radius 2 is 1.73 bits per heavy atom. The first-order chi connectivity index (χ1) is 14.3. The molecule has 2 aromatic carbocycles. The van der Waals surface area contributed by atoms with Crippen molar-refractivity contribution >= 4 is 27.5 Å². The maximum absolute atomic E-state index is 12.8. The molecule has 0 bridgehead atoms. The molecule has 1 N–H and O–H groups in total. The van der Waals surface area contributed by atoms with Gasteiger partial charge in [-0.1, -0.05) is 29.8 Å². The molecule has 0 aromatic heterocycles. The van der Waals surface area contributed by atoms with E-state index < -0.39 is 10.0 Å². The molecule has 2 aromatic rings. The Morgan fingerprint density at radius 1 is 1.07 bits per heavy atom. The van der Waals surface area contributed by atoms with Gasteiger partial charge in [0.05, 0.1) is 10.9 Å². The second kappa shape index (κ2) is 8.69. The number of hydrogen-bond acceptors (Lipinski definition) is 3. The van der Waals surface area contributed by atoms with Crippen LogP contribution in [0, 0.1) is 5.92 Å². The van der Waals surface area contributed by atoms with E-state index in [-0.39, 0.29) is 22.8 Å². The smallest absolute Gasteiger partial charge is 0.243 e. The molecular formula is C23H27ClN2O3S. The molecule has 1 fully saturated rings. The molecule has 4 rings (SSSR count). The molecule has 0 radical (unpaired) electrons. The zero-order valence-electron chi connectivity index (χ0n) is 17.1. The van der Waals surface area contributed by atoms with Crippen molar-refractivity contribution in [3.63, 3.8) is 0 Å². The summed E-state index contributed by atoms with van der Waals surface area (Å²) in [5.41, 5.74) is 3.95. The fourth-order valence-electron chi connectivity index (χ4n) is 4.39. The summed E-state index contributed by atoms with van der Waals surface area (Å²) in [6.45, 7) is 2.70. The van der Waals surface area contributed by atoms with Crippen molar-refractivity contribution in [2.24, 2.45) is 5.92 Å². The lowest BCUT2D eigenvalue weighted by Crippen LogP contribution is -2.43. The summed E-state index contributed by atoms with van der Waals surface area (Å²) < 4.78 is 27.1. The van der Waals surface area contributed by atoms with Crippen LogP contribution in [0.25, 0.3) is 0 Å². The minimum absolute atomic E-state index is 0.00605. The number of sulfonamides is 1. The summed E-state index contributed by atoms with van der Waals surface area (Å²) in [5, 5.41) is 3.63. The molecule has 1 aliphatic carbocycles. The number of aryl methyl sites for hydroxylation is 2. The maximum Gasteiger partial charge on any atom is 0.243 e. The number of benzene rings is 2. The summed E-state index contributed by atoms with van der Waals surface area (Å²) in [6.07, 6.45) is 4.51. The van der Waals surface area contributed by atoms with Gasteiger partial charge in [0.2, 0.25) is 15.9 Å². The fourth-order valence-corrected chi connectivity index (χ4v) is 5.99. The van der Waals surface area contributed by atoms with Crippen LogP contribution in [0.2, 0.25) is 5.02 Å². The molecule has 0 saturated carbocycles. The van der Waals surface area contributed by atoms with Gasteiger partial charge in [-0.25, -0.2) is 8.42 Å². The molecule has 1 atom stereocenters. The third kappa shape index (κ3) is 4.41. The predicted molar refractivity (Wildman–Crippen MR) is 118 cm³/mol. The van der Waals surface area contributed by atoms with Crippen LogP contribution in [0.15, 0.2) is 47.4 Å². The van der Waals surface area contributed by atoms with Crippen molar-refractivity contribution in [3.05, 3.63) is 64.2 Å². The van der Waals surface area contributed by atoms with Gasteiger partial charge in [-0.2, -0.15) is 4.31 Å². The van der Waals surface area contributed by atoms with Gasteiger partial charge in [-0.05, 0) is 80.0 Å². The van der Waals surface area contributed by atoms with E-state index in [1.807, 2.05) is 6.92 Å². The molecule has 160 valence electrons. The molecule has 30 heavy (non-hydrogen) atoms. The normalized spacial score (nSPS) is 18.7. The standard InChI is InChI=1S/C23H27ClN2O3S/c1-16(19-6-5-17-3-2-4-20(17)15-19)25-23(27)18-11-13-26(14-12-18)30(28,29)22-9-7-21(24)8-10-22/h5-10,15-16,18H,2-4,11-14H2,1H3,(H,25,27)/t16-/m0/s1. The van der Waals surface area contributed by atoms with Crippen molar-refractivity contribution in [1.29, 1.82) is 0 Å². The topological polar surface area (TPSA) is 66.5 Å². The van der Waals surface area contributed by atoms with Crippen LogP contribution in [-0.4, -0.2) is 31.7 Å². The van der Waals surface area contributed by atoms with Crippen LogP contribution in [0.3, 0.4) is 0 Å². The average molecular weight is 447 g/mol. The molecule has 1 amide bonds. The maximum atomic E-state index is 12.8. The van der Waals surface area contributed by atoms with Crippen LogP contribution in [0.4, 0.5) is 0 Å². The van der Waals surface area contributed by atoms with Crippen LogP contribution in [0.5, 0.6) is 0 Å². The SMILES string of the molecule is C[C@H](NC(=O)C1CCN(S(=O)(=O)c2ccc(Cl)cc2)CC1)c1ccc2c(c1)CCC2. The van der Waals surface area contributed by atoms with E-state index in [0.717, 1.165) is 18.4 Å². The lowest BCUT2D eigenvalue weighted by Gasteiger charge is -2.31. The van der Waals surface area contributed by atoms with Crippen LogP contribution < -0.4 is 5.32 Å². The summed E-state index contributed by atoms with van der Waals surface area (Å²) in [6, 6.07) is 12.7. The van der Waals surface area contributed by atoms with Gasteiger partial charge >= 0.3 is 0 Å². The summed E-state index contributed by atoms with van der Waals surface area (Å²) in [4.78, 5) is 13.0. The Hall–Kier alpha value is -1.89. The number of nitrogens with one attached hydrogen (secondary N) is 1. The van der Waals surface area contributed by atoms with Gasteiger partial charge in [-0.3, -0.25) is 4.79 Å². The van der Waals surface area contributed by atoms with Crippen molar-refractivity contribution in [2.75, 3.05) is 13.1 Å². The Kier molecular flexibility index (Phi) is 6.19. The van der Waals surface area contributed by atoms with E-state index in [1.165, 1.54) is 34.0 Å². The minimum Gasteiger partial charge on any atom is -0.349 e. The fraction of sp³-hybridized carbons (Fsp3) is 0.435. The van der Waals surface area contributed by atoms with E-state index in [9.17, 15) is 13.2 Å². The van der Waals surface area contributed by atoms with Gasteiger partial charge in [0.1, 0.15) is 0 Å². The number of piperidine rings is 1. The van der Waals surface area contributed by atoms with Crippen molar-refractivity contribution in [3.8, 4) is 0 Å². The average Bonchev–Trinajstić information content (AvgIpc) is 3.22. The van der Waals surface area contributed by atoms with Gasteiger partial charge in [0, 0.05) is 24.0 Å². The molecule has 2 aliphatic rings. The lowest BCUT2D eigenvalue weighted by molar-refractivity contribution is -0.126. The van der Waals surface area contributed by atoms with E-state index in [4.69, 9.17) is 11.6 Å². The highest BCUT2D eigenvalue weighted by atomic mass is 35.5. The number of hydrogen-bond donors (Lipinski definition) is 1. The number of carbonyl (C=O) groups excluding carboxylic acids is 1. The van der Waals surface area contributed by atoms with E-state index >= 15 is 0 Å². The molecule has 0 unspecified atom stereocenters. The van der Waals surface area contributed by atoms with Gasteiger partial charge in [0.15, 0.2) is 0 Å². The quantitative estimate of drug-likeness (QED) is 0.751. The molecule has 0 spiro atoms. The number of halogens is 1. The third-order valence-electron chi connectivity index (χ3n) is 6.26. The molecule has 7 heteroatoms. The molecule has 5 nitrogen and oxygen atoms in total. The largest absolute Gasteiger partial charge is 0.349 e.